The average Bonchev–Trinajstić information content (AvgIpc) is 2.81. The van der Waals surface area contributed by atoms with Crippen molar-refractivity contribution in [2.45, 2.75) is 19.9 Å². The molecule has 6 nitrogen and oxygen atoms in total. The standard InChI is InChI=1S/C18H23N3O3/c1-14(22)19-7-3-8-20(11-10-19)18(23)13-21-9-6-15-12-16(24-2)4-5-17(15)21/h4-6,9,12H,3,7-8,10-11,13H2,1-2H3. The highest BCUT2D eigenvalue weighted by molar-refractivity contribution is 5.84. The fourth-order valence-electron chi connectivity index (χ4n) is 3.17. The summed E-state index contributed by atoms with van der Waals surface area (Å²) < 4.78 is 7.20. The topological polar surface area (TPSA) is 54.8 Å². The second-order valence-electron chi connectivity index (χ2n) is 6.11. The Morgan fingerprint density at radius 1 is 1.08 bits per heavy atom. The molecule has 6 heteroatoms. The van der Waals surface area contributed by atoms with E-state index in [1.54, 1.807) is 14.0 Å². The molecule has 3 rings (SSSR count). The van der Waals surface area contributed by atoms with Crippen molar-refractivity contribution >= 4 is 22.7 Å². The minimum absolute atomic E-state index is 0.0784. The van der Waals surface area contributed by atoms with Crippen LogP contribution in [0, 0.1) is 0 Å². The molecular weight excluding hydrogens is 306 g/mol. The molecule has 0 bridgehead atoms. The molecule has 0 aliphatic carbocycles. The SMILES string of the molecule is COc1ccc2c(ccn2CC(=O)N2CCCN(C(C)=O)CC2)c1. The summed E-state index contributed by atoms with van der Waals surface area (Å²) in [5.41, 5.74) is 1.02. The van der Waals surface area contributed by atoms with Gasteiger partial charge < -0.3 is 19.1 Å². The van der Waals surface area contributed by atoms with Gasteiger partial charge in [-0.3, -0.25) is 9.59 Å². The van der Waals surface area contributed by atoms with Crippen LogP contribution in [-0.4, -0.2) is 59.5 Å². The molecule has 0 radical (unpaired) electrons. The molecule has 2 aromatic rings. The number of benzene rings is 1. The van der Waals surface area contributed by atoms with Gasteiger partial charge in [0.2, 0.25) is 11.8 Å². The van der Waals surface area contributed by atoms with E-state index in [2.05, 4.69) is 0 Å². The number of aromatic nitrogens is 1. The van der Waals surface area contributed by atoms with Crippen molar-refractivity contribution in [3.8, 4) is 5.75 Å². The number of fused-ring (bicyclic) bond motifs is 1. The van der Waals surface area contributed by atoms with Crippen LogP contribution in [0.15, 0.2) is 30.5 Å². The summed E-state index contributed by atoms with van der Waals surface area (Å²) in [6.07, 6.45) is 2.76. The van der Waals surface area contributed by atoms with Gasteiger partial charge in [0.15, 0.2) is 0 Å². The molecule has 0 unspecified atom stereocenters. The molecule has 0 N–H and O–H groups in total. The molecule has 2 heterocycles. The molecule has 2 amide bonds. The van der Waals surface area contributed by atoms with Gasteiger partial charge in [0, 0.05) is 50.2 Å². The van der Waals surface area contributed by atoms with E-state index in [4.69, 9.17) is 4.74 Å². The summed E-state index contributed by atoms with van der Waals surface area (Å²) in [6, 6.07) is 7.83. The van der Waals surface area contributed by atoms with E-state index in [9.17, 15) is 9.59 Å². The zero-order valence-corrected chi connectivity index (χ0v) is 14.2. The largest absolute Gasteiger partial charge is 0.497 e. The molecule has 1 aromatic heterocycles. The van der Waals surface area contributed by atoms with Crippen molar-refractivity contribution in [2.24, 2.45) is 0 Å². The van der Waals surface area contributed by atoms with Crippen molar-refractivity contribution < 1.29 is 14.3 Å². The lowest BCUT2D eigenvalue weighted by Crippen LogP contribution is -2.38. The van der Waals surface area contributed by atoms with E-state index in [0.717, 1.165) is 29.6 Å². The van der Waals surface area contributed by atoms with Crippen LogP contribution in [0.3, 0.4) is 0 Å². The van der Waals surface area contributed by atoms with Gasteiger partial charge in [0.05, 0.1) is 7.11 Å². The molecule has 1 aromatic carbocycles. The van der Waals surface area contributed by atoms with Crippen molar-refractivity contribution in [3.05, 3.63) is 30.5 Å². The minimum Gasteiger partial charge on any atom is -0.497 e. The monoisotopic (exact) mass is 329 g/mol. The van der Waals surface area contributed by atoms with E-state index in [1.807, 2.05) is 44.8 Å². The molecule has 1 fully saturated rings. The van der Waals surface area contributed by atoms with Gasteiger partial charge in [0.25, 0.3) is 0 Å². The fraction of sp³-hybridized carbons (Fsp3) is 0.444. The van der Waals surface area contributed by atoms with Gasteiger partial charge >= 0.3 is 0 Å². The maximum atomic E-state index is 12.6. The molecular formula is C18H23N3O3. The zero-order valence-electron chi connectivity index (χ0n) is 14.2. The lowest BCUT2D eigenvalue weighted by molar-refractivity contribution is -0.133. The van der Waals surface area contributed by atoms with Crippen molar-refractivity contribution in [3.63, 3.8) is 0 Å². The van der Waals surface area contributed by atoms with Gasteiger partial charge in [-0.25, -0.2) is 0 Å². The maximum absolute atomic E-state index is 12.6. The highest BCUT2D eigenvalue weighted by Gasteiger charge is 2.20. The third-order valence-corrected chi connectivity index (χ3v) is 4.58. The van der Waals surface area contributed by atoms with Crippen molar-refractivity contribution in [1.29, 1.82) is 0 Å². The Morgan fingerprint density at radius 3 is 2.58 bits per heavy atom. The Balaban J connectivity index is 1.69. The van der Waals surface area contributed by atoms with Gasteiger partial charge in [-0.1, -0.05) is 0 Å². The Morgan fingerprint density at radius 2 is 1.83 bits per heavy atom. The van der Waals surface area contributed by atoms with E-state index >= 15 is 0 Å². The molecule has 128 valence electrons. The fourth-order valence-corrected chi connectivity index (χ4v) is 3.17. The lowest BCUT2D eigenvalue weighted by Gasteiger charge is -2.21. The number of nitrogens with zero attached hydrogens (tertiary/aromatic N) is 3. The number of methoxy groups -OCH3 is 1. The molecule has 24 heavy (non-hydrogen) atoms. The van der Waals surface area contributed by atoms with E-state index in [0.29, 0.717) is 26.2 Å². The number of hydrogen-bond donors (Lipinski definition) is 0. The van der Waals surface area contributed by atoms with Crippen LogP contribution >= 0.6 is 0 Å². The van der Waals surface area contributed by atoms with E-state index in [1.165, 1.54) is 0 Å². The molecule has 1 saturated heterocycles. The first-order chi connectivity index (χ1) is 11.6. The first-order valence-electron chi connectivity index (χ1n) is 8.24. The number of hydrogen-bond acceptors (Lipinski definition) is 3. The Kier molecular flexibility index (Phi) is 4.74. The van der Waals surface area contributed by atoms with Crippen LogP contribution in [0.25, 0.3) is 10.9 Å². The third-order valence-electron chi connectivity index (χ3n) is 4.58. The Hall–Kier alpha value is -2.50. The highest BCUT2D eigenvalue weighted by Crippen LogP contribution is 2.22. The minimum atomic E-state index is 0.0784. The van der Waals surface area contributed by atoms with Crippen molar-refractivity contribution in [2.75, 3.05) is 33.3 Å². The van der Waals surface area contributed by atoms with E-state index in [-0.39, 0.29) is 11.8 Å². The first kappa shape index (κ1) is 16.4. The summed E-state index contributed by atoms with van der Waals surface area (Å²) in [7, 11) is 1.64. The summed E-state index contributed by atoms with van der Waals surface area (Å²) in [5.74, 6) is 0.979. The third kappa shape index (κ3) is 3.37. The van der Waals surface area contributed by atoms with Crippen LogP contribution in [-0.2, 0) is 16.1 Å². The van der Waals surface area contributed by atoms with Crippen molar-refractivity contribution in [1.82, 2.24) is 14.4 Å². The number of rotatable bonds is 3. The summed E-state index contributed by atoms with van der Waals surface area (Å²) in [6.45, 7) is 4.55. The van der Waals surface area contributed by atoms with Gasteiger partial charge in [0.1, 0.15) is 12.3 Å². The second-order valence-corrected chi connectivity index (χ2v) is 6.11. The molecule has 1 aliphatic rings. The molecule has 0 atom stereocenters. The number of amides is 2. The van der Waals surface area contributed by atoms with Gasteiger partial charge in [-0.15, -0.1) is 0 Å². The zero-order chi connectivity index (χ0) is 17.1. The first-order valence-corrected chi connectivity index (χ1v) is 8.24. The van der Waals surface area contributed by atoms with Crippen LogP contribution in [0.4, 0.5) is 0 Å². The Bertz CT molecular complexity index is 753. The molecule has 0 spiro atoms. The van der Waals surface area contributed by atoms with Gasteiger partial charge in [-0.2, -0.15) is 0 Å². The normalized spacial score (nSPS) is 15.4. The Labute approximate surface area is 141 Å². The van der Waals surface area contributed by atoms with Gasteiger partial charge in [-0.05, 0) is 30.7 Å². The summed E-state index contributed by atoms with van der Waals surface area (Å²) in [4.78, 5) is 27.8. The second kappa shape index (κ2) is 6.95. The summed E-state index contributed by atoms with van der Waals surface area (Å²) >= 11 is 0. The number of carbonyl (C=O) groups is 2. The predicted molar refractivity (Wildman–Crippen MR) is 91.9 cm³/mol. The quantitative estimate of drug-likeness (QED) is 0.862. The predicted octanol–water partition coefficient (Wildman–Crippen LogP) is 1.73. The lowest BCUT2D eigenvalue weighted by atomic mass is 10.2. The molecule has 1 aliphatic heterocycles. The molecule has 0 saturated carbocycles. The van der Waals surface area contributed by atoms with Crippen LogP contribution in [0.5, 0.6) is 5.75 Å². The smallest absolute Gasteiger partial charge is 0.242 e. The number of carbonyl (C=O) groups excluding carboxylic acids is 2. The highest BCUT2D eigenvalue weighted by atomic mass is 16.5. The number of ether oxygens (including phenoxy) is 1. The maximum Gasteiger partial charge on any atom is 0.242 e. The van der Waals surface area contributed by atoms with Crippen LogP contribution < -0.4 is 4.74 Å². The van der Waals surface area contributed by atoms with Crippen LogP contribution in [0.1, 0.15) is 13.3 Å². The average molecular weight is 329 g/mol. The van der Waals surface area contributed by atoms with E-state index < -0.39 is 0 Å². The van der Waals surface area contributed by atoms with Crippen LogP contribution in [0.2, 0.25) is 0 Å². The summed E-state index contributed by atoms with van der Waals surface area (Å²) in [5, 5.41) is 1.06.